The van der Waals surface area contributed by atoms with Crippen molar-refractivity contribution >= 4 is 54.8 Å². The number of phenolic OH excluding ortho intramolecular Hbond substituents is 2. The first-order chi connectivity index (χ1) is 12.9. The normalized spacial score (nSPS) is 10.6. The SMILES string of the molecule is Oc1cc(CNc2ccc(Cl)cc2NCc2ccc(Br)c(O)c2)ccc1Br. The van der Waals surface area contributed by atoms with Crippen molar-refractivity contribution in [3.05, 3.63) is 79.7 Å². The Balaban J connectivity index is 1.72. The molecule has 140 valence electrons. The molecule has 3 rings (SSSR count). The van der Waals surface area contributed by atoms with E-state index in [-0.39, 0.29) is 11.5 Å². The second-order valence-electron chi connectivity index (χ2n) is 5.97. The molecule has 0 radical (unpaired) electrons. The number of nitrogens with one attached hydrogen (secondary N) is 2. The van der Waals surface area contributed by atoms with Crippen molar-refractivity contribution in [3.8, 4) is 11.5 Å². The van der Waals surface area contributed by atoms with Crippen molar-refractivity contribution in [2.45, 2.75) is 13.1 Å². The molecule has 0 aromatic heterocycles. The lowest BCUT2D eigenvalue weighted by Crippen LogP contribution is -2.05. The summed E-state index contributed by atoms with van der Waals surface area (Å²) in [4.78, 5) is 0. The van der Waals surface area contributed by atoms with Gasteiger partial charge >= 0.3 is 0 Å². The van der Waals surface area contributed by atoms with Crippen molar-refractivity contribution < 1.29 is 10.2 Å². The van der Waals surface area contributed by atoms with Crippen LogP contribution in [0, 0.1) is 0 Å². The highest BCUT2D eigenvalue weighted by Crippen LogP contribution is 2.29. The first-order valence-electron chi connectivity index (χ1n) is 8.14. The summed E-state index contributed by atoms with van der Waals surface area (Å²) in [6, 6.07) is 16.5. The van der Waals surface area contributed by atoms with Crippen LogP contribution in [0.15, 0.2) is 63.5 Å². The monoisotopic (exact) mass is 510 g/mol. The maximum Gasteiger partial charge on any atom is 0.130 e. The number of aromatic hydroxyl groups is 2. The molecule has 0 aliphatic rings. The summed E-state index contributed by atoms with van der Waals surface area (Å²) in [7, 11) is 0. The Hall–Kier alpha value is -1.89. The van der Waals surface area contributed by atoms with Crippen molar-refractivity contribution in [2.75, 3.05) is 10.6 Å². The Morgan fingerprint density at radius 3 is 1.74 bits per heavy atom. The van der Waals surface area contributed by atoms with Crippen LogP contribution in [0.2, 0.25) is 5.02 Å². The molecule has 4 N–H and O–H groups in total. The Bertz CT molecular complexity index is 967. The van der Waals surface area contributed by atoms with Gasteiger partial charge in [-0.25, -0.2) is 0 Å². The fraction of sp³-hybridized carbons (Fsp3) is 0.100. The topological polar surface area (TPSA) is 64.5 Å². The number of hydrogen-bond donors (Lipinski definition) is 4. The lowest BCUT2D eigenvalue weighted by Gasteiger charge is -2.15. The van der Waals surface area contributed by atoms with Gasteiger partial charge in [-0.15, -0.1) is 0 Å². The molecule has 4 nitrogen and oxygen atoms in total. The molecule has 7 heteroatoms. The van der Waals surface area contributed by atoms with Gasteiger partial charge in [0.25, 0.3) is 0 Å². The quantitative estimate of drug-likeness (QED) is 0.304. The molecule has 3 aromatic carbocycles. The van der Waals surface area contributed by atoms with Gasteiger partial charge in [0, 0.05) is 18.1 Å². The number of benzene rings is 3. The molecule has 0 fully saturated rings. The van der Waals surface area contributed by atoms with Crippen LogP contribution in [0.4, 0.5) is 11.4 Å². The first kappa shape index (κ1) is 19.9. The van der Waals surface area contributed by atoms with E-state index in [0.717, 1.165) is 22.5 Å². The van der Waals surface area contributed by atoms with E-state index in [1.165, 1.54) is 0 Å². The first-order valence-corrected chi connectivity index (χ1v) is 10.1. The average molecular weight is 513 g/mol. The highest BCUT2D eigenvalue weighted by molar-refractivity contribution is 9.10. The van der Waals surface area contributed by atoms with E-state index in [2.05, 4.69) is 42.5 Å². The van der Waals surface area contributed by atoms with E-state index >= 15 is 0 Å². The van der Waals surface area contributed by atoms with Crippen molar-refractivity contribution in [2.24, 2.45) is 0 Å². The van der Waals surface area contributed by atoms with Gasteiger partial charge in [-0.2, -0.15) is 0 Å². The Kier molecular flexibility index (Phi) is 6.52. The van der Waals surface area contributed by atoms with E-state index in [1.807, 2.05) is 42.5 Å². The van der Waals surface area contributed by atoms with Crippen LogP contribution in [0.1, 0.15) is 11.1 Å². The van der Waals surface area contributed by atoms with E-state index < -0.39 is 0 Å². The average Bonchev–Trinajstić information content (AvgIpc) is 2.64. The summed E-state index contributed by atoms with van der Waals surface area (Å²) in [5.74, 6) is 0.410. The zero-order chi connectivity index (χ0) is 19.4. The van der Waals surface area contributed by atoms with Crippen LogP contribution in [0.3, 0.4) is 0 Å². The minimum atomic E-state index is 0.203. The Morgan fingerprint density at radius 1 is 0.704 bits per heavy atom. The predicted molar refractivity (Wildman–Crippen MR) is 118 cm³/mol. The lowest BCUT2D eigenvalue weighted by atomic mass is 10.2. The van der Waals surface area contributed by atoms with Crippen molar-refractivity contribution in [3.63, 3.8) is 0 Å². The van der Waals surface area contributed by atoms with E-state index in [0.29, 0.717) is 27.1 Å². The smallest absolute Gasteiger partial charge is 0.130 e. The predicted octanol–water partition coefficient (Wildman–Crippen LogP) is 6.50. The van der Waals surface area contributed by atoms with Gasteiger partial charge in [0.05, 0.1) is 20.3 Å². The van der Waals surface area contributed by atoms with E-state index in [1.54, 1.807) is 12.1 Å². The minimum absolute atomic E-state index is 0.203. The molecule has 0 unspecified atom stereocenters. The molecular formula is C20H17Br2ClN2O2. The highest BCUT2D eigenvalue weighted by atomic mass is 79.9. The third-order valence-corrected chi connectivity index (χ3v) is 5.54. The van der Waals surface area contributed by atoms with Crippen LogP contribution in [0.5, 0.6) is 11.5 Å². The number of hydrogen-bond acceptors (Lipinski definition) is 4. The maximum atomic E-state index is 9.82. The molecule has 0 amide bonds. The van der Waals surface area contributed by atoms with Crippen molar-refractivity contribution in [1.82, 2.24) is 0 Å². The summed E-state index contributed by atoms with van der Waals surface area (Å²) in [5, 5.41) is 27.0. The van der Waals surface area contributed by atoms with Gasteiger partial charge in [0.15, 0.2) is 0 Å². The van der Waals surface area contributed by atoms with E-state index in [4.69, 9.17) is 11.6 Å². The van der Waals surface area contributed by atoms with Crippen LogP contribution < -0.4 is 10.6 Å². The highest BCUT2D eigenvalue weighted by Gasteiger charge is 2.06. The number of halogens is 3. The van der Waals surface area contributed by atoms with Gasteiger partial charge in [-0.1, -0.05) is 23.7 Å². The van der Waals surface area contributed by atoms with Gasteiger partial charge in [-0.3, -0.25) is 0 Å². The molecule has 0 aliphatic heterocycles. The molecule has 0 spiro atoms. The summed E-state index contributed by atoms with van der Waals surface area (Å²) < 4.78 is 1.33. The lowest BCUT2D eigenvalue weighted by molar-refractivity contribution is 0.470. The van der Waals surface area contributed by atoms with Crippen LogP contribution in [-0.2, 0) is 13.1 Å². The minimum Gasteiger partial charge on any atom is -0.507 e. The third kappa shape index (κ3) is 5.31. The molecule has 0 heterocycles. The van der Waals surface area contributed by atoms with E-state index in [9.17, 15) is 10.2 Å². The molecule has 0 saturated heterocycles. The van der Waals surface area contributed by atoms with Crippen LogP contribution in [0.25, 0.3) is 0 Å². The summed E-state index contributed by atoms with van der Waals surface area (Å²) in [6.45, 7) is 1.09. The molecule has 0 atom stereocenters. The largest absolute Gasteiger partial charge is 0.507 e. The number of rotatable bonds is 6. The van der Waals surface area contributed by atoms with Gasteiger partial charge in [0.1, 0.15) is 11.5 Å². The fourth-order valence-corrected chi connectivity index (χ4v) is 3.21. The van der Waals surface area contributed by atoms with Crippen molar-refractivity contribution in [1.29, 1.82) is 0 Å². The zero-order valence-corrected chi connectivity index (χ0v) is 18.1. The van der Waals surface area contributed by atoms with Gasteiger partial charge in [0.2, 0.25) is 0 Å². The maximum absolute atomic E-state index is 9.82. The van der Waals surface area contributed by atoms with Gasteiger partial charge < -0.3 is 20.8 Å². The second kappa shape index (κ2) is 8.87. The Labute approximate surface area is 179 Å². The molecular weight excluding hydrogens is 495 g/mol. The fourth-order valence-electron chi connectivity index (χ4n) is 2.55. The zero-order valence-electron chi connectivity index (χ0n) is 14.1. The summed E-state index contributed by atoms with van der Waals surface area (Å²) in [5.41, 5.74) is 3.64. The molecule has 27 heavy (non-hydrogen) atoms. The Morgan fingerprint density at radius 2 is 1.22 bits per heavy atom. The number of phenols is 2. The second-order valence-corrected chi connectivity index (χ2v) is 8.11. The van der Waals surface area contributed by atoms with Gasteiger partial charge in [-0.05, 0) is 85.5 Å². The van der Waals surface area contributed by atoms with Crippen LogP contribution in [-0.4, -0.2) is 10.2 Å². The molecule has 3 aromatic rings. The summed E-state index contributed by atoms with van der Waals surface area (Å²) in [6.07, 6.45) is 0. The third-order valence-electron chi connectivity index (χ3n) is 3.97. The molecule has 0 bridgehead atoms. The standard InChI is InChI=1S/C20H17Br2ClN2O2/c21-15-4-1-12(7-19(15)26)10-24-17-6-3-14(23)9-18(17)25-11-13-2-5-16(22)20(27)8-13/h1-9,24-27H,10-11H2. The molecule has 0 aliphatic carbocycles. The summed E-state index contributed by atoms with van der Waals surface area (Å²) >= 11 is 12.7. The number of anilines is 2. The van der Waals surface area contributed by atoms with Crippen LogP contribution >= 0.6 is 43.5 Å². The molecule has 0 saturated carbocycles.